The molecule has 0 bridgehead atoms. The topological polar surface area (TPSA) is 15.3 Å². The minimum absolute atomic E-state index is 0.982. The number of hydrogen-bond acceptors (Lipinski definition) is 2. The minimum atomic E-state index is 0.982. The summed E-state index contributed by atoms with van der Waals surface area (Å²) in [5.41, 5.74) is 6.32. The zero-order chi connectivity index (χ0) is 17.4. The molecule has 2 nitrogen and oxygen atoms in total. The van der Waals surface area contributed by atoms with E-state index in [4.69, 9.17) is 0 Å². The highest BCUT2D eigenvalue weighted by Gasteiger charge is 2.00. The van der Waals surface area contributed by atoms with Crippen LogP contribution in [0.15, 0.2) is 55.1 Å². The van der Waals surface area contributed by atoms with Gasteiger partial charge in [0.15, 0.2) is 0 Å². The molecule has 128 valence electrons. The van der Waals surface area contributed by atoms with E-state index in [1.807, 2.05) is 6.92 Å². The molecule has 0 atom stereocenters. The Morgan fingerprint density at radius 3 is 2.42 bits per heavy atom. The molecule has 2 aromatic carbocycles. The van der Waals surface area contributed by atoms with Crippen molar-refractivity contribution in [1.29, 1.82) is 0 Å². The van der Waals surface area contributed by atoms with Crippen molar-refractivity contribution in [3.05, 3.63) is 71.8 Å². The van der Waals surface area contributed by atoms with Crippen LogP contribution in [0.4, 0.5) is 5.69 Å². The maximum Gasteiger partial charge on any atom is 0.0343 e. The summed E-state index contributed by atoms with van der Waals surface area (Å²) in [4.78, 5) is 2.31. The van der Waals surface area contributed by atoms with E-state index in [9.17, 15) is 0 Å². The van der Waals surface area contributed by atoms with Crippen molar-refractivity contribution in [1.82, 2.24) is 4.90 Å². The monoisotopic (exact) mass is 322 g/mol. The van der Waals surface area contributed by atoms with Crippen molar-refractivity contribution < 1.29 is 0 Å². The number of anilines is 1. The smallest absolute Gasteiger partial charge is 0.0343 e. The van der Waals surface area contributed by atoms with Crippen LogP contribution in [-0.2, 0) is 12.8 Å². The van der Waals surface area contributed by atoms with Crippen molar-refractivity contribution in [2.75, 3.05) is 32.0 Å². The van der Waals surface area contributed by atoms with Gasteiger partial charge in [0, 0.05) is 18.8 Å². The second kappa shape index (κ2) is 9.29. The molecule has 0 aliphatic heterocycles. The van der Waals surface area contributed by atoms with Gasteiger partial charge in [0.1, 0.15) is 0 Å². The standard InChI is InChI=1S/C22H30N2/c1-5-24(4)16-15-23-22-8-6-7-20(17-22)10-9-19-11-13-21(14-12-19)18(2)3/h6-8,11-14,17,23H,2,5,9-10,15-16H2,1,3-4H3. The van der Waals surface area contributed by atoms with Gasteiger partial charge in [-0.3, -0.25) is 0 Å². The number of nitrogens with one attached hydrogen (secondary N) is 1. The molecule has 0 aromatic heterocycles. The fourth-order valence-electron chi connectivity index (χ4n) is 2.63. The summed E-state index contributed by atoms with van der Waals surface area (Å²) in [6, 6.07) is 17.5. The van der Waals surface area contributed by atoms with Crippen molar-refractivity contribution >= 4 is 11.3 Å². The van der Waals surface area contributed by atoms with Crippen LogP contribution in [-0.4, -0.2) is 31.6 Å². The SMILES string of the molecule is C=C(C)c1ccc(CCc2cccc(NCCN(C)CC)c2)cc1. The molecule has 2 aromatic rings. The molecule has 0 saturated heterocycles. The van der Waals surface area contributed by atoms with E-state index < -0.39 is 0 Å². The van der Waals surface area contributed by atoms with Gasteiger partial charge in [-0.05, 0) is 62.2 Å². The Hall–Kier alpha value is -2.06. The maximum absolute atomic E-state index is 3.99. The van der Waals surface area contributed by atoms with Gasteiger partial charge in [0.25, 0.3) is 0 Å². The van der Waals surface area contributed by atoms with Crippen molar-refractivity contribution in [2.45, 2.75) is 26.7 Å². The number of allylic oxidation sites excluding steroid dienone is 1. The van der Waals surface area contributed by atoms with Gasteiger partial charge in [-0.1, -0.05) is 55.5 Å². The Bertz CT molecular complexity index is 643. The van der Waals surface area contributed by atoms with Crippen molar-refractivity contribution in [3.63, 3.8) is 0 Å². The van der Waals surface area contributed by atoms with E-state index in [1.54, 1.807) is 0 Å². The lowest BCUT2D eigenvalue weighted by atomic mass is 10.0. The number of aryl methyl sites for hydroxylation is 2. The molecular formula is C22H30N2. The Balaban J connectivity index is 1.86. The van der Waals surface area contributed by atoms with E-state index in [2.05, 4.69) is 79.3 Å². The van der Waals surface area contributed by atoms with E-state index in [-0.39, 0.29) is 0 Å². The van der Waals surface area contributed by atoms with Crippen LogP contribution in [0.3, 0.4) is 0 Å². The Morgan fingerprint density at radius 1 is 1.04 bits per heavy atom. The highest BCUT2D eigenvalue weighted by molar-refractivity contribution is 5.61. The lowest BCUT2D eigenvalue weighted by molar-refractivity contribution is 0.367. The molecule has 0 aliphatic rings. The number of rotatable bonds is 9. The molecule has 1 N–H and O–H groups in total. The van der Waals surface area contributed by atoms with Gasteiger partial charge in [-0.15, -0.1) is 0 Å². The van der Waals surface area contributed by atoms with E-state index in [0.717, 1.165) is 38.0 Å². The molecule has 0 spiro atoms. The first-order valence-electron chi connectivity index (χ1n) is 8.84. The second-order valence-electron chi connectivity index (χ2n) is 6.50. The third kappa shape index (κ3) is 5.86. The molecule has 2 rings (SSSR count). The van der Waals surface area contributed by atoms with Crippen LogP contribution in [0.5, 0.6) is 0 Å². The summed E-state index contributed by atoms with van der Waals surface area (Å²) in [5.74, 6) is 0. The van der Waals surface area contributed by atoms with Crippen LogP contribution in [0.25, 0.3) is 5.57 Å². The molecule has 0 unspecified atom stereocenters. The summed E-state index contributed by atoms with van der Waals surface area (Å²) in [6.45, 7) is 11.4. The third-order valence-electron chi connectivity index (χ3n) is 4.44. The van der Waals surface area contributed by atoms with E-state index in [1.165, 1.54) is 22.4 Å². The minimum Gasteiger partial charge on any atom is -0.384 e. The first-order valence-corrected chi connectivity index (χ1v) is 8.84. The first-order chi connectivity index (χ1) is 11.6. The largest absolute Gasteiger partial charge is 0.384 e. The second-order valence-corrected chi connectivity index (χ2v) is 6.50. The van der Waals surface area contributed by atoms with Crippen molar-refractivity contribution in [3.8, 4) is 0 Å². The quantitative estimate of drug-likeness (QED) is 0.708. The summed E-state index contributed by atoms with van der Waals surface area (Å²) < 4.78 is 0. The molecular weight excluding hydrogens is 292 g/mol. The van der Waals surface area contributed by atoms with Crippen LogP contribution in [0, 0.1) is 0 Å². The Kier molecular flexibility index (Phi) is 7.07. The average Bonchev–Trinajstić information content (AvgIpc) is 2.60. The van der Waals surface area contributed by atoms with E-state index >= 15 is 0 Å². The number of hydrogen-bond donors (Lipinski definition) is 1. The number of nitrogens with zero attached hydrogens (tertiary/aromatic N) is 1. The Morgan fingerprint density at radius 2 is 1.75 bits per heavy atom. The van der Waals surface area contributed by atoms with Crippen LogP contribution in [0.1, 0.15) is 30.5 Å². The van der Waals surface area contributed by atoms with Gasteiger partial charge in [-0.2, -0.15) is 0 Å². The summed E-state index contributed by atoms with van der Waals surface area (Å²) in [5, 5.41) is 3.52. The summed E-state index contributed by atoms with van der Waals surface area (Å²) >= 11 is 0. The van der Waals surface area contributed by atoms with Gasteiger partial charge in [0.2, 0.25) is 0 Å². The first kappa shape index (κ1) is 18.3. The van der Waals surface area contributed by atoms with Crippen molar-refractivity contribution in [2.24, 2.45) is 0 Å². The van der Waals surface area contributed by atoms with Crippen LogP contribution < -0.4 is 5.32 Å². The fourth-order valence-corrected chi connectivity index (χ4v) is 2.63. The molecule has 0 radical (unpaired) electrons. The van der Waals surface area contributed by atoms with E-state index in [0.29, 0.717) is 0 Å². The molecule has 0 heterocycles. The zero-order valence-corrected chi connectivity index (χ0v) is 15.3. The molecule has 0 fully saturated rings. The molecule has 0 saturated carbocycles. The van der Waals surface area contributed by atoms with Gasteiger partial charge in [0.05, 0.1) is 0 Å². The molecule has 24 heavy (non-hydrogen) atoms. The molecule has 0 aliphatic carbocycles. The lowest BCUT2D eigenvalue weighted by Crippen LogP contribution is -2.24. The summed E-state index contributed by atoms with van der Waals surface area (Å²) in [7, 11) is 2.15. The van der Waals surface area contributed by atoms with Gasteiger partial charge >= 0.3 is 0 Å². The molecule has 0 amide bonds. The highest BCUT2D eigenvalue weighted by atomic mass is 15.1. The fraction of sp³-hybridized carbons (Fsp3) is 0.364. The maximum atomic E-state index is 3.99. The van der Waals surface area contributed by atoms with Gasteiger partial charge < -0.3 is 10.2 Å². The predicted octanol–water partition coefficient (Wildman–Crippen LogP) is 4.87. The van der Waals surface area contributed by atoms with Crippen LogP contribution >= 0.6 is 0 Å². The average molecular weight is 322 g/mol. The van der Waals surface area contributed by atoms with Crippen LogP contribution in [0.2, 0.25) is 0 Å². The molecule has 2 heteroatoms. The normalized spacial score (nSPS) is 10.8. The Labute approximate surface area is 147 Å². The third-order valence-corrected chi connectivity index (χ3v) is 4.44. The number of likely N-dealkylation sites (N-methyl/N-ethyl adjacent to an activating group) is 1. The number of benzene rings is 2. The zero-order valence-electron chi connectivity index (χ0n) is 15.3. The summed E-state index contributed by atoms with van der Waals surface area (Å²) in [6.07, 6.45) is 2.13. The van der Waals surface area contributed by atoms with Gasteiger partial charge in [-0.25, -0.2) is 0 Å². The highest BCUT2D eigenvalue weighted by Crippen LogP contribution is 2.16. The predicted molar refractivity (Wildman–Crippen MR) is 107 cm³/mol. The lowest BCUT2D eigenvalue weighted by Gasteiger charge is -2.15.